The average molecular weight is 587 g/mol. The van der Waals surface area contributed by atoms with E-state index in [1.807, 2.05) is 60.8 Å². The van der Waals surface area contributed by atoms with Crippen molar-refractivity contribution in [3.63, 3.8) is 0 Å². The predicted molar refractivity (Wildman–Crippen MR) is 169 cm³/mol. The van der Waals surface area contributed by atoms with Crippen molar-refractivity contribution in [3.05, 3.63) is 137 Å². The largest absolute Gasteiger partial charge is 0.497 e. The normalized spacial score (nSPS) is 11.8. The number of aryl methyl sites for hydroxylation is 2. The van der Waals surface area contributed by atoms with Gasteiger partial charge in [0.2, 0.25) is 0 Å². The summed E-state index contributed by atoms with van der Waals surface area (Å²) in [6, 6.07) is 29.0. The summed E-state index contributed by atoms with van der Waals surface area (Å²) in [7, 11) is 3.28. The molecule has 0 aliphatic carbocycles. The van der Waals surface area contributed by atoms with Crippen LogP contribution in [0.2, 0.25) is 0 Å². The minimum absolute atomic E-state index is 0.280. The standard InChI is InChI=1S/C35H34N6O3/c1-43-27-17-16-25(32(21-27)44-2)23-41-33(18-15-24-10-4-3-5-11-24)39-40-34(41)31(38-35(42)30-14-8-9-19-36-30)20-26-22-37-29-13-7-6-12-28(26)29/h3-14,16-17,19,21-22,31,37H,15,18,20,23H2,1-2H3,(H,38,42)/t31-/m0/s1. The van der Waals surface area contributed by atoms with E-state index in [0.29, 0.717) is 42.4 Å². The zero-order valence-corrected chi connectivity index (χ0v) is 24.7. The number of carbonyl (C=O) groups is 1. The van der Waals surface area contributed by atoms with E-state index in [1.165, 1.54) is 5.56 Å². The summed E-state index contributed by atoms with van der Waals surface area (Å²) in [5, 5.41) is 13.7. The Kier molecular flexibility index (Phi) is 8.63. The fourth-order valence-corrected chi connectivity index (χ4v) is 5.47. The zero-order chi connectivity index (χ0) is 30.3. The number of rotatable bonds is 12. The van der Waals surface area contributed by atoms with Crippen molar-refractivity contribution in [2.75, 3.05) is 14.2 Å². The summed E-state index contributed by atoms with van der Waals surface area (Å²) in [5.41, 5.74) is 4.59. The maximum atomic E-state index is 13.5. The Bertz CT molecular complexity index is 1850. The number of carbonyl (C=O) groups excluding carboxylic acids is 1. The van der Waals surface area contributed by atoms with Crippen molar-refractivity contribution in [1.29, 1.82) is 0 Å². The summed E-state index contributed by atoms with van der Waals surface area (Å²) in [6.07, 6.45) is 5.58. The van der Waals surface area contributed by atoms with Gasteiger partial charge in [-0.3, -0.25) is 9.78 Å². The van der Waals surface area contributed by atoms with Crippen LogP contribution < -0.4 is 14.8 Å². The number of amides is 1. The number of hydrogen-bond acceptors (Lipinski definition) is 6. The van der Waals surface area contributed by atoms with Gasteiger partial charge in [0.25, 0.3) is 5.91 Å². The number of fused-ring (bicyclic) bond motifs is 1. The smallest absolute Gasteiger partial charge is 0.270 e. The van der Waals surface area contributed by atoms with Gasteiger partial charge in [-0.05, 0) is 47.9 Å². The third-order valence-electron chi connectivity index (χ3n) is 7.77. The lowest BCUT2D eigenvalue weighted by atomic mass is 10.0. The molecule has 222 valence electrons. The van der Waals surface area contributed by atoms with Gasteiger partial charge in [-0.15, -0.1) is 10.2 Å². The van der Waals surface area contributed by atoms with E-state index < -0.39 is 6.04 Å². The molecule has 6 aromatic rings. The maximum absolute atomic E-state index is 13.5. The predicted octanol–water partition coefficient (Wildman–Crippen LogP) is 5.72. The highest BCUT2D eigenvalue weighted by atomic mass is 16.5. The first-order valence-electron chi connectivity index (χ1n) is 14.6. The molecule has 0 saturated carbocycles. The first-order valence-corrected chi connectivity index (χ1v) is 14.6. The number of aromatic amines is 1. The molecule has 0 spiro atoms. The molecule has 6 rings (SSSR count). The molecule has 0 saturated heterocycles. The lowest BCUT2D eigenvalue weighted by Crippen LogP contribution is -2.33. The van der Waals surface area contributed by atoms with E-state index >= 15 is 0 Å². The highest BCUT2D eigenvalue weighted by Gasteiger charge is 2.26. The van der Waals surface area contributed by atoms with E-state index in [-0.39, 0.29) is 5.91 Å². The van der Waals surface area contributed by atoms with Gasteiger partial charge in [0.05, 0.1) is 26.8 Å². The number of ether oxygens (including phenoxy) is 2. The molecular formula is C35H34N6O3. The summed E-state index contributed by atoms with van der Waals surface area (Å²) in [4.78, 5) is 21.1. The van der Waals surface area contributed by atoms with Crippen molar-refractivity contribution in [1.82, 2.24) is 30.0 Å². The van der Waals surface area contributed by atoms with Crippen molar-refractivity contribution in [2.45, 2.75) is 31.8 Å². The molecule has 1 atom stereocenters. The number of H-pyrrole nitrogens is 1. The van der Waals surface area contributed by atoms with E-state index in [0.717, 1.165) is 34.3 Å². The second kappa shape index (κ2) is 13.2. The van der Waals surface area contributed by atoms with Gasteiger partial charge < -0.3 is 24.3 Å². The second-order valence-electron chi connectivity index (χ2n) is 10.5. The first kappa shape index (κ1) is 28.7. The lowest BCUT2D eigenvalue weighted by Gasteiger charge is -2.21. The maximum Gasteiger partial charge on any atom is 0.270 e. The first-order chi connectivity index (χ1) is 21.6. The van der Waals surface area contributed by atoms with Crippen LogP contribution in [0.4, 0.5) is 0 Å². The number of hydrogen-bond donors (Lipinski definition) is 2. The monoisotopic (exact) mass is 586 g/mol. The van der Waals surface area contributed by atoms with E-state index in [4.69, 9.17) is 14.6 Å². The van der Waals surface area contributed by atoms with Crippen LogP contribution in [-0.2, 0) is 25.8 Å². The Morgan fingerprint density at radius 1 is 0.886 bits per heavy atom. The van der Waals surface area contributed by atoms with Crippen molar-refractivity contribution >= 4 is 16.8 Å². The fraction of sp³-hybridized carbons (Fsp3) is 0.200. The zero-order valence-electron chi connectivity index (χ0n) is 24.7. The molecular weight excluding hydrogens is 552 g/mol. The number of nitrogens with zero attached hydrogens (tertiary/aromatic N) is 4. The molecule has 0 bridgehead atoms. The molecule has 0 aliphatic heterocycles. The quantitative estimate of drug-likeness (QED) is 0.190. The molecule has 9 heteroatoms. The number of aromatic nitrogens is 5. The van der Waals surface area contributed by atoms with Crippen LogP contribution in [0.3, 0.4) is 0 Å². The van der Waals surface area contributed by atoms with Gasteiger partial charge in [-0.1, -0.05) is 54.6 Å². The molecule has 2 N–H and O–H groups in total. The van der Waals surface area contributed by atoms with E-state index in [9.17, 15) is 4.79 Å². The molecule has 3 aromatic heterocycles. The summed E-state index contributed by atoms with van der Waals surface area (Å²) in [5.74, 6) is 2.60. The molecule has 9 nitrogen and oxygen atoms in total. The van der Waals surface area contributed by atoms with Crippen LogP contribution in [0, 0.1) is 0 Å². The Hall–Kier alpha value is -5.44. The average Bonchev–Trinajstić information content (AvgIpc) is 3.68. The third-order valence-corrected chi connectivity index (χ3v) is 7.77. The highest BCUT2D eigenvalue weighted by molar-refractivity contribution is 5.92. The number of benzene rings is 3. The molecule has 0 aliphatic rings. The topological polar surface area (TPSA) is 107 Å². The number of methoxy groups -OCH3 is 2. The Balaban J connectivity index is 1.41. The van der Waals surface area contributed by atoms with Crippen LogP contribution in [-0.4, -0.2) is 44.9 Å². The lowest BCUT2D eigenvalue weighted by molar-refractivity contribution is 0.0929. The van der Waals surface area contributed by atoms with Gasteiger partial charge in [0.1, 0.15) is 23.0 Å². The van der Waals surface area contributed by atoms with Gasteiger partial charge >= 0.3 is 0 Å². The minimum Gasteiger partial charge on any atom is -0.497 e. The Morgan fingerprint density at radius 3 is 2.50 bits per heavy atom. The fourth-order valence-electron chi connectivity index (χ4n) is 5.47. The second-order valence-corrected chi connectivity index (χ2v) is 10.5. The van der Waals surface area contributed by atoms with Crippen LogP contribution in [0.15, 0.2) is 103 Å². The number of para-hydroxylation sites is 1. The molecule has 44 heavy (non-hydrogen) atoms. The number of nitrogens with one attached hydrogen (secondary N) is 2. The molecule has 0 fully saturated rings. The molecule has 0 unspecified atom stereocenters. The van der Waals surface area contributed by atoms with Gasteiger partial charge in [0, 0.05) is 47.8 Å². The van der Waals surface area contributed by atoms with Crippen LogP contribution in [0.1, 0.15) is 44.9 Å². The van der Waals surface area contributed by atoms with E-state index in [1.54, 1.807) is 38.6 Å². The number of pyridine rings is 1. The van der Waals surface area contributed by atoms with Crippen LogP contribution in [0.25, 0.3) is 10.9 Å². The van der Waals surface area contributed by atoms with Crippen molar-refractivity contribution in [3.8, 4) is 11.5 Å². The van der Waals surface area contributed by atoms with E-state index in [2.05, 4.69) is 43.1 Å². The molecule has 3 heterocycles. The minimum atomic E-state index is -0.495. The summed E-state index contributed by atoms with van der Waals surface area (Å²) >= 11 is 0. The van der Waals surface area contributed by atoms with Gasteiger partial charge in [0.15, 0.2) is 5.82 Å². The summed E-state index contributed by atoms with van der Waals surface area (Å²) in [6.45, 7) is 0.448. The SMILES string of the molecule is COc1ccc(Cn2c(CCc3ccccc3)nnc2[C@H](Cc2c[nH]c3ccccc23)NC(=O)c2ccccn2)c(OC)c1. The van der Waals surface area contributed by atoms with Gasteiger partial charge in [-0.2, -0.15) is 0 Å². The third kappa shape index (κ3) is 6.32. The van der Waals surface area contributed by atoms with Gasteiger partial charge in [-0.25, -0.2) is 0 Å². The molecule has 3 aromatic carbocycles. The molecule has 0 radical (unpaired) electrons. The van der Waals surface area contributed by atoms with Crippen LogP contribution in [0.5, 0.6) is 11.5 Å². The molecule has 1 amide bonds. The van der Waals surface area contributed by atoms with Crippen molar-refractivity contribution in [2.24, 2.45) is 0 Å². The van der Waals surface area contributed by atoms with Crippen LogP contribution >= 0.6 is 0 Å². The highest BCUT2D eigenvalue weighted by Crippen LogP contribution is 2.29. The Morgan fingerprint density at radius 2 is 1.70 bits per heavy atom. The summed E-state index contributed by atoms with van der Waals surface area (Å²) < 4.78 is 13.3. The van der Waals surface area contributed by atoms with Crippen molar-refractivity contribution < 1.29 is 14.3 Å². The Labute approximate surface area is 255 Å².